The van der Waals surface area contributed by atoms with Crippen LogP contribution >= 0.6 is 11.6 Å². The molecule has 19 heavy (non-hydrogen) atoms. The fourth-order valence-electron chi connectivity index (χ4n) is 1.77. The fraction of sp³-hybridized carbons (Fsp3) is 0. The Morgan fingerprint density at radius 3 is 2.84 bits per heavy atom. The fourth-order valence-corrected chi connectivity index (χ4v) is 2.02. The highest BCUT2D eigenvalue weighted by Gasteiger charge is 2.24. The molecule has 0 unspecified atom stereocenters. The number of aromatic nitrogens is 4. The van der Waals surface area contributed by atoms with Crippen LogP contribution < -0.4 is 5.73 Å². The first-order valence-corrected chi connectivity index (χ1v) is 5.62. The third kappa shape index (κ3) is 1.84. The molecular formula is C11H7ClFN5O. The van der Waals surface area contributed by atoms with E-state index in [4.69, 9.17) is 21.9 Å². The SMILES string of the molecule is Nc1noc(-c2cn[nH]n2)c1-c1c(F)cccc1Cl. The summed E-state index contributed by atoms with van der Waals surface area (Å²) in [5, 5.41) is 13.8. The van der Waals surface area contributed by atoms with E-state index in [1.54, 1.807) is 6.07 Å². The number of nitrogens with two attached hydrogens (primary N) is 1. The summed E-state index contributed by atoms with van der Waals surface area (Å²) in [6.45, 7) is 0. The Bertz CT molecular complexity index is 705. The Hall–Kier alpha value is -2.41. The molecule has 0 aliphatic heterocycles. The Labute approximate surface area is 111 Å². The number of aromatic amines is 1. The third-order valence-corrected chi connectivity index (χ3v) is 2.89. The summed E-state index contributed by atoms with van der Waals surface area (Å²) in [6, 6.07) is 4.33. The molecule has 0 aliphatic rings. The summed E-state index contributed by atoms with van der Waals surface area (Å²) in [6.07, 6.45) is 1.41. The van der Waals surface area contributed by atoms with E-state index in [2.05, 4.69) is 20.6 Å². The van der Waals surface area contributed by atoms with Crippen LogP contribution in [0.1, 0.15) is 0 Å². The second-order valence-corrected chi connectivity index (χ2v) is 4.13. The number of nitrogens with zero attached hydrogens (tertiary/aromatic N) is 3. The molecule has 3 rings (SSSR count). The molecule has 0 saturated carbocycles. The Balaban J connectivity index is 2.29. The Kier molecular flexibility index (Phi) is 2.68. The summed E-state index contributed by atoms with van der Waals surface area (Å²) in [5.41, 5.74) is 6.48. The van der Waals surface area contributed by atoms with Gasteiger partial charge in [0.25, 0.3) is 0 Å². The van der Waals surface area contributed by atoms with Crippen molar-refractivity contribution in [3.8, 4) is 22.6 Å². The number of hydrogen-bond acceptors (Lipinski definition) is 5. The van der Waals surface area contributed by atoms with E-state index in [1.165, 1.54) is 18.3 Å². The van der Waals surface area contributed by atoms with Crippen molar-refractivity contribution in [3.63, 3.8) is 0 Å². The molecule has 0 atom stereocenters. The quantitative estimate of drug-likeness (QED) is 0.751. The van der Waals surface area contributed by atoms with E-state index in [9.17, 15) is 4.39 Å². The van der Waals surface area contributed by atoms with Crippen LogP contribution in [0.25, 0.3) is 22.6 Å². The monoisotopic (exact) mass is 279 g/mol. The van der Waals surface area contributed by atoms with Crippen LogP contribution in [0.5, 0.6) is 0 Å². The second kappa shape index (κ2) is 4.36. The van der Waals surface area contributed by atoms with Crippen LogP contribution in [0.15, 0.2) is 28.9 Å². The van der Waals surface area contributed by atoms with Gasteiger partial charge < -0.3 is 10.3 Å². The number of rotatable bonds is 2. The van der Waals surface area contributed by atoms with Crippen LogP contribution in [-0.2, 0) is 0 Å². The molecule has 2 aromatic heterocycles. The number of nitrogen functional groups attached to an aromatic ring is 1. The zero-order chi connectivity index (χ0) is 13.4. The minimum atomic E-state index is -0.521. The van der Waals surface area contributed by atoms with Gasteiger partial charge in [0.2, 0.25) is 0 Å². The summed E-state index contributed by atoms with van der Waals surface area (Å²) >= 11 is 6.02. The number of hydrogen-bond donors (Lipinski definition) is 2. The van der Waals surface area contributed by atoms with E-state index in [1.807, 2.05) is 0 Å². The summed E-state index contributed by atoms with van der Waals surface area (Å²) in [4.78, 5) is 0. The van der Waals surface area contributed by atoms with Crippen molar-refractivity contribution in [1.29, 1.82) is 0 Å². The highest BCUT2D eigenvalue weighted by Crippen LogP contribution is 2.40. The molecule has 0 bridgehead atoms. The maximum Gasteiger partial charge on any atom is 0.198 e. The van der Waals surface area contributed by atoms with Crippen molar-refractivity contribution in [2.75, 3.05) is 5.73 Å². The van der Waals surface area contributed by atoms with Gasteiger partial charge in [0.1, 0.15) is 5.82 Å². The Morgan fingerprint density at radius 2 is 2.16 bits per heavy atom. The van der Waals surface area contributed by atoms with E-state index in [-0.39, 0.29) is 27.7 Å². The van der Waals surface area contributed by atoms with Crippen molar-refractivity contribution in [1.82, 2.24) is 20.6 Å². The van der Waals surface area contributed by atoms with Gasteiger partial charge in [0, 0.05) is 5.56 Å². The molecule has 0 amide bonds. The molecule has 3 aromatic rings. The van der Waals surface area contributed by atoms with Gasteiger partial charge in [-0.2, -0.15) is 15.4 Å². The molecule has 6 nitrogen and oxygen atoms in total. The average Bonchev–Trinajstić information content (AvgIpc) is 2.99. The first kappa shape index (κ1) is 11.7. The molecule has 8 heteroatoms. The van der Waals surface area contributed by atoms with Gasteiger partial charge in [-0.25, -0.2) is 4.39 Å². The lowest BCUT2D eigenvalue weighted by atomic mass is 10.0. The maximum atomic E-state index is 14.0. The predicted molar refractivity (Wildman–Crippen MR) is 66.7 cm³/mol. The molecule has 0 radical (unpaired) electrons. The van der Waals surface area contributed by atoms with E-state index >= 15 is 0 Å². The van der Waals surface area contributed by atoms with E-state index < -0.39 is 5.82 Å². The molecule has 0 spiro atoms. The molecule has 0 saturated heterocycles. The van der Waals surface area contributed by atoms with Crippen molar-refractivity contribution in [2.45, 2.75) is 0 Å². The third-order valence-electron chi connectivity index (χ3n) is 2.58. The van der Waals surface area contributed by atoms with Gasteiger partial charge in [-0.05, 0) is 12.1 Å². The van der Waals surface area contributed by atoms with Crippen LogP contribution in [0.2, 0.25) is 5.02 Å². The molecule has 0 aliphatic carbocycles. The number of halogens is 2. The van der Waals surface area contributed by atoms with Crippen molar-refractivity contribution >= 4 is 17.4 Å². The molecular weight excluding hydrogens is 273 g/mol. The molecule has 1 aromatic carbocycles. The van der Waals surface area contributed by atoms with Gasteiger partial charge in [0.15, 0.2) is 17.3 Å². The first-order chi connectivity index (χ1) is 9.18. The maximum absolute atomic E-state index is 14.0. The van der Waals surface area contributed by atoms with Crippen LogP contribution in [-0.4, -0.2) is 20.6 Å². The van der Waals surface area contributed by atoms with Gasteiger partial charge in [-0.15, -0.1) is 0 Å². The molecule has 3 N–H and O–H groups in total. The average molecular weight is 280 g/mol. The normalized spacial score (nSPS) is 10.8. The lowest BCUT2D eigenvalue weighted by molar-refractivity contribution is 0.434. The number of nitrogens with one attached hydrogen (secondary N) is 1. The first-order valence-electron chi connectivity index (χ1n) is 5.24. The largest absolute Gasteiger partial charge is 0.380 e. The van der Waals surface area contributed by atoms with Crippen LogP contribution in [0, 0.1) is 5.82 Å². The minimum Gasteiger partial charge on any atom is -0.380 e. The van der Waals surface area contributed by atoms with Crippen molar-refractivity contribution < 1.29 is 8.91 Å². The highest BCUT2D eigenvalue weighted by molar-refractivity contribution is 6.33. The standard InChI is InChI=1S/C11H7ClFN5O/c12-5-2-1-3-6(13)8(5)9-10(19-17-11(9)14)7-4-15-18-16-7/h1-4H,(H2,14,17)(H,15,16,18). The highest BCUT2D eigenvalue weighted by atomic mass is 35.5. The van der Waals surface area contributed by atoms with E-state index in [0.717, 1.165) is 0 Å². The predicted octanol–water partition coefficient (Wildman–Crippen LogP) is 2.50. The van der Waals surface area contributed by atoms with Gasteiger partial charge in [-0.3, -0.25) is 0 Å². The lowest BCUT2D eigenvalue weighted by Crippen LogP contribution is -1.92. The lowest BCUT2D eigenvalue weighted by Gasteiger charge is -2.04. The van der Waals surface area contributed by atoms with Crippen LogP contribution in [0.4, 0.5) is 10.2 Å². The zero-order valence-corrected chi connectivity index (χ0v) is 10.1. The topological polar surface area (TPSA) is 93.6 Å². The molecule has 0 fully saturated rings. The van der Waals surface area contributed by atoms with E-state index in [0.29, 0.717) is 5.69 Å². The summed E-state index contributed by atoms with van der Waals surface area (Å²) in [7, 11) is 0. The van der Waals surface area contributed by atoms with Crippen LogP contribution in [0.3, 0.4) is 0 Å². The molecule has 2 heterocycles. The number of benzene rings is 1. The summed E-state index contributed by atoms with van der Waals surface area (Å²) in [5.74, 6) is -0.282. The van der Waals surface area contributed by atoms with Gasteiger partial charge in [-0.1, -0.05) is 22.8 Å². The second-order valence-electron chi connectivity index (χ2n) is 3.72. The number of anilines is 1. The minimum absolute atomic E-state index is 0.0324. The smallest absolute Gasteiger partial charge is 0.198 e. The van der Waals surface area contributed by atoms with Crippen molar-refractivity contribution in [2.24, 2.45) is 0 Å². The van der Waals surface area contributed by atoms with Crippen molar-refractivity contribution in [3.05, 3.63) is 35.2 Å². The molecule has 96 valence electrons. The number of H-pyrrole nitrogens is 1. The Morgan fingerprint density at radius 1 is 1.32 bits per heavy atom. The van der Waals surface area contributed by atoms with Gasteiger partial charge in [0.05, 0.1) is 16.8 Å². The zero-order valence-electron chi connectivity index (χ0n) is 9.39. The van der Waals surface area contributed by atoms with Gasteiger partial charge >= 0.3 is 0 Å². The summed E-state index contributed by atoms with van der Waals surface area (Å²) < 4.78 is 19.0.